The maximum atomic E-state index is 14.2. The Labute approximate surface area is 185 Å². The number of carbonyl (C=O) groups is 2. The third kappa shape index (κ3) is 5.52. The molecule has 0 radical (unpaired) electrons. The minimum atomic E-state index is -0.826. The third-order valence-corrected chi connectivity index (χ3v) is 5.42. The van der Waals surface area contributed by atoms with Crippen molar-refractivity contribution >= 4 is 29.1 Å². The van der Waals surface area contributed by atoms with Gasteiger partial charge >= 0.3 is 0 Å². The number of anilines is 1. The second kappa shape index (κ2) is 10.6. The summed E-state index contributed by atoms with van der Waals surface area (Å²) in [6, 6.07) is 2.36. The van der Waals surface area contributed by atoms with Crippen LogP contribution in [0, 0.1) is 5.82 Å². The van der Waals surface area contributed by atoms with Crippen LogP contribution in [0.1, 0.15) is 48.0 Å². The summed E-state index contributed by atoms with van der Waals surface area (Å²) in [6.07, 6.45) is 4.48. The highest BCUT2D eigenvalue weighted by Gasteiger charge is 2.26. The summed E-state index contributed by atoms with van der Waals surface area (Å²) >= 11 is 6.08. The molecular weight excluding hydrogens is 431 g/mol. The van der Waals surface area contributed by atoms with E-state index in [0.717, 1.165) is 31.7 Å². The third-order valence-electron chi connectivity index (χ3n) is 5.05. The molecule has 0 bridgehead atoms. The van der Waals surface area contributed by atoms with Crippen LogP contribution in [0.4, 0.5) is 10.1 Å². The quantitative estimate of drug-likeness (QED) is 0.525. The molecule has 0 spiro atoms. The number of H-pyrrole nitrogens is 1. The molecule has 170 valence electrons. The first-order valence-corrected chi connectivity index (χ1v) is 10.1. The van der Waals surface area contributed by atoms with Gasteiger partial charge in [0.15, 0.2) is 0 Å². The number of hydrogen-bond acceptors (Lipinski definition) is 6. The van der Waals surface area contributed by atoms with Gasteiger partial charge in [0, 0.05) is 14.6 Å². The number of carbonyl (C=O) groups excluding carboxylic acids is 2. The smallest absolute Gasteiger partial charge is 0.271 e. The van der Waals surface area contributed by atoms with Crippen LogP contribution in [0.25, 0.3) is 0 Å². The fourth-order valence-corrected chi connectivity index (χ4v) is 3.75. The Morgan fingerprint density at radius 2 is 2.00 bits per heavy atom. The molecule has 1 aliphatic carbocycles. The minimum absolute atomic E-state index is 0. The zero-order valence-electron chi connectivity index (χ0n) is 17.2. The van der Waals surface area contributed by atoms with E-state index in [1.807, 2.05) is 0 Å². The number of methoxy groups -OCH3 is 2. The highest BCUT2D eigenvalue weighted by atomic mass is 35.5. The van der Waals surface area contributed by atoms with Crippen molar-refractivity contribution in [1.82, 2.24) is 15.5 Å². The maximum Gasteiger partial charge on any atom is 0.271 e. The first-order valence-electron chi connectivity index (χ1n) is 9.72. The van der Waals surface area contributed by atoms with Crippen LogP contribution in [-0.2, 0) is 9.47 Å². The number of amides is 2. The molecule has 1 aliphatic rings. The molecule has 1 aromatic carbocycles. The SMILES string of the molecule is COCOC1CCC(NC(=O)c2[nH]ncc2NC(=O)c2c(F)ccc(OC)c2Cl)CC1.[HH]. The molecule has 1 fully saturated rings. The average molecular weight is 457 g/mol. The van der Waals surface area contributed by atoms with Gasteiger partial charge in [0.25, 0.3) is 11.8 Å². The Hall–Kier alpha value is -2.69. The van der Waals surface area contributed by atoms with Crippen LogP contribution in [0.2, 0.25) is 5.02 Å². The lowest BCUT2D eigenvalue weighted by molar-refractivity contribution is -0.0837. The second-order valence-corrected chi connectivity index (χ2v) is 7.45. The van der Waals surface area contributed by atoms with Gasteiger partial charge in [-0.15, -0.1) is 0 Å². The van der Waals surface area contributed by atoms with Crippen molar-refractivity contribution in [2.75, 3.05) is 26.3 Å². The molecular formula is C20H26ClFN4O5. The van der Waals surface area contributed by atoms with Gasteiger partial charge < -0.3 is 24.8 Å². The molecule has 3 N–H and O–H groups in total. The normalized spacial score (nSPS) is 18.5. The molecule has 1 saturated carbocycles. The number of benzene rings is 1. The predicted molar refractivity (Wildman–Crippen MR) is 113 cm³/mol. The van der Waals surface area contributed by atoms with Gasteiger partial charge in [-0.2, -0.15) is 5.10 Å². The summed E-state index contributed by atoms with van der Waals surface area (Å²) in [4.78, 5) is 25.3. The number of hydrogen-bond donors (Lipinski definition) is 3. The molecule has 9 nitrogen and oxygen atoms in total. The Morgan fingerprint density at radius 1 is 1.26 bits per heavy atom. The van der Waals surface area contributed by atoms with Gasteiger partial charge in [-0.1, -0.05) is 11.6 Å². The van der Waals surface area contributed by atoms with E-state index in [4.69, 9.17) is 25.8 Å². The molecule has 0 atom stereocenters. The van der Waals surface area contributed by atoms with Gasteiger partial charge in [0.2, 0.25) is 0 Å². The summed E-state index contributed by atoms with van der Waals surface area (Å²) < 4.78 is 29.7. The largest absolute Gasteiger partial charge is 0.495 e. The highest BCUT2D eigenvalue weighted by Crippen LogP contribution is 2.31. The van der Waals surface area contributed by atoms with Gasteiger partial charge in [-0.3, -0.25) is 14.7 Å². The van der Waals surface area contributed by atoms with E-state index in [1.165, 1.54) is 19.4 Å². The molecule has 0 aliphatic heterocycles. The molecule has 0 saturated heterocycles. The van der Waals surface area contributed by atoms with Crippen LogP contribution in [0.5, 0.6) is 5.75 Å². The van der Waals surface area contributed by atoms with E-state index < -0.39 is 17.6 Å². The van der Waals surface area contributed by atoms with Crippen molar-refractivity contribution in [3.8, 4) is 5.75 Å². The first kappa shape index (κ1) is 23.0. The number of nitrogens with one attached hydrogen (secondary N) is 3. The van der Waals surface area contributed by atoms with Gasteiger partial charge in [-0.05, 0) is 37.8 Å². The van der Waals surface area contributed by atoms with Gasteiger partial charge in [0.1, 0.15) is 24.1 Å². The van der Waals surface area contributed by atoms with Crippen molar-refractivity contribution in [3.05, 3.63) is 40.4 Å². The molecule has 2 amide bonds. The summed E-state index contributed by atoms with van der Waals surface area (Å²) in [6.45, 7) is 0.247. The fraction of sp³-hybridized carbons (Fsp3) is 0.450. The van der Waals surface area contributed by atoms with Crippen molar-refractivity contribution in [2.24, 2.45) is 0 Å². The molecule has 31 heavy (non-hydrogen) atoms. The summed E-state index contributed by atoms with van der Waals surface area (Å²) in [7, 11) is 2.93. The molecule has 3 rings (SSSR count). The number of ether oxygens (including phenoxy) is 3. The lowest BCUT2D eigenvalue weighted by Crippen LogP contribution is -2.39. The van der Waals surface area contributed by atoms with E-state index in [0.29, 0.717) is 0 Å². The lowest BCUT2D eigenvalue weighted by Gasteiger charge is -2.28. The average Bonchev–Trinajstić information content (AvgIpc) is 3.21. The Morgan fingerprint density at radius 3 is 2.68 bits per heavy atom. The van der Waals surface area contributed by atoms with E-state index in [9.17, 15) is 14.0 Å². The van der Waals surface area contributed by atoms with E-state index >= 15 is 0 Å². The number of aromatic amines is 1. The number of halogens is 2. The van der Waals surface area contributed by atoms with Crippen LogP contribution in [-0.4, -0.2) is 55.2 Å². The molecule has 1 heterocycles. The zero-order chi connectivity index (χ0) is 22.4. The van der Waals surface area contributed by atoms with E-state index in [1.54, 1.807) is 7.11 Å². The Kier molecular flexibility index (Phi) is 7.83. The highest BCUT2D eigenvalue weighted by molar-refractivity contribution is 6.36. The Balaban J connectivity index is 0.00000363. The number of aromatic nitrogens is 2. The van der Waals surface area contributed by atoms with Crippen LogP contribution < -0.4 is 15.4 Å². The van der Waals surface area contributed by atoms with Crippen molar-refractivity contribution in [2.45, 2.75) is 37.8 Å². The topological polar surface area (TPSA) is 115 Å². The lowest BCUT2D eigenvalue weighted by atomic mass is 9.93. The summed E-state index contributed by atoms with van der Waals surface area (Å²) in [5, 5.41) is 11.6. The number of nitrogens with zero attached hydrogens (tertiary/aromatic N) is 1. The van der Waals surface area contributed by atoms with Crippen LogP contribution in [0.3, 0.4) is 0 Å². The second-order valence-electron chi connectivity index (χ2n) is 7.07. The van der Waals surface area contributed by atoms with Crippen LogP contribution in [0.15, 0.2) is 18.3 Å². The standard InChI is InChI=1S/C20H24ClFN4O5.H2/c1-29-10-31-12-5-3-11(4-6-12)24-20(28)18-14(9-23-26-18)25-19(27)16-13(22)7-8-15(30-2)17(16)21;/h7-9,11-12H,3-6,10H2,1-2H3,(H,23,26)(H,24,28)(H,25,27);1H. The van der Waals surface area contributed by atoms with E-state index in [2.05, 4.69) is 20.8 Å². The monoisotopic (exact) mass is 456 g/mol. The Bertz CT molecular complexity index is 937. The first-order chi connectivity index (χ1) is 14.9. The zero-order valence-corrected chi connectivity index (χ0v) is 17.9. The predicted octanol–water partition coefficient (Wildman–Crippen LogP) is 3.37. The maximum absolute atomic E-state index is 14.2. The molecule has 0 unspecified atom stereocenters. The summed E-state index contributed by atoms with van der Waals surface area (Å²) in [5.74, 6) is -1.91. The number of rotatable bonds is 8. The minimum Gasteiger partial charge on any atom is -0.495 e. The molecule has 1 aromatic heterocycles. The fourth-order valence-electron chi connectivity index (χ4n) is 3.43. The van der Waals surface area contributed by atoms with Gasteiger partial charge in [-0.25, -0.2) is 4.39 Å². The van der Waals surface area contributed by atoms with Crippen molar-refractivity contribution < 1.29 is 29.6 Å². The molecule has 11 heteroatoms. The summed E-state index contributed by atoms with van der Waals surface area (Å²) in [5.41, 5.74) is -0.216. The van der Waals surface area contributed by atoms with Crippen LogP contribution >= 0.6 is 11.6 Å². The van der Waals surface area contributed by atoms with Crippen molar-refractivity contribution in [1.29, 1.82) is 0 Å². The molecule has 2 aromatic rings. The van der Waals surface area contributed by atoms with Gasteiger partial charge in [0.05, 0.1) is 35.7 Å². The van der Waals surface area contributed by atoms with Crippen molar-refractivity contribution in [3.63, 3.8) is 0 Å². The van der Waals surface area contributed by atoms with E-state index in [-0.39, 0.29) is 48.1 Å².